The van der Waals surface area contributed by atoms with E-state index < -0.39 is 0 Å². The smallest absolute Gasteiger partial charge is 0.127 e. The van der Waals surface area contributed by atoms with Gasteiger partial charge < -0.3 is 0 Å². The van der Waals surface area contributed by atoms with Crippen LogP contribution >= 0.6 is 127 Å². The largest absolute Gasteiger partial charge is 0.236 e. The molecule has 0 aliphatic carbocycles. The van der Waals surface area contributed by atoms with Crippen molar-refractivity contribution in [3.8, 4) is 21.8 Å². The first-order chi connectivity index (χ1) is 12.6. The van der Waals surface area contributed by atoms with E-state index in [9.17, 15) is 0 Å². The third kappa shape index (κ3) is 3.86. The molecule has 3 aromatic rings. The van der Waals surface area contributed by atoms with E-state index in [1.165, 1.54) is 11.3 Å². The van der Waals surface area contributed by atoms with Crippen LogP contribution in [0.5, 0.6) is 0 Å². The minimum atomic E-state index is 0.0508. The summed E-state index contributed by atoms with van der Waals surface area (Å²) in [5.41, 5.74) is 1.03. The van der Waals surface area contributed by atoms with Gasteiger partial charge in [-0.25, -0.2) is 4.98 Å². The molecule has 0 aliphatic heterocycles. The number of hydrogen-bond donors (Lipinski definition) is 0. The Kier molecular flexibility index (Phi) is 7.22. The Morgan fingerprint density at radius 3 is 1.22 bits per heavy atom. The van der Waals surface area contributed by atoms with E-state index in [0.717, 1.165) is 0 Å². The number of thiazole rings is 1. The van der Waals surface area contributed by atoms with Gasteiger partial charge in [-0.3, -0.25) is 0 Å². The summed E-state index contributed by atoms with van der Waals surface area (Å²) in [7, 11) is 0. The first-order valence-corrected chi connectivity index (χ1v) is 11.2. The number of benzene rings is 2. The fourth-order valence-corrected chi connectivity index (χ4v) is 5.75. The fourth-order valence-electron chi connectivity index (χ4n) is 2.13. The van der Waals surface area contributed by atoms with Crippen molar-refractivity contribution < 1.29 is 0 Å². The lowest BCUT2D eigenvalue weighted by molar-refractivity contribution is 1.40. The molecule has 0 amide bonds. The Balaban J connectivity index is 2.25. The minimum Gasteiger partial charge on any atom is -0.236 e. The maximum Gasteiger partial charge on any atom is 0.127 e. The highest BCUT2D eigenvalue weighted by atomic mass is 35.5. The van der Waals surface area contributed by atoms with Crippen LogP contribution in [0.4, 0.5) is 0 Å². The topological polar surface area (TPSA) is 12.9 Å². The van der Waals surface area contributed by atoms with E-state index in [1.807, 2.05) is 0 Å². The third-order valence-corrected chi connectivity index (χ3v) is 8.81. The molecular formula is C15HCl10NS. The molecule has 27 heavy (non-hydrogen) atoms. The normalized spacial score (nSPS) is 11.3. The predicted octanol–water partition coefficient (Wildman–Crippen LogP) is 11.0. The van der Waals surface area contributed by atoms with Crippen molar-refractivity contribution in [1.29, 1.82) is 0 Å². The number of rotatable bonds is 2. The van der Waals surface area contributed by atoms with E-state index >= 15 is 0 Å². The Hall–Kier alpha value is 0.970. The van der Waals surface area contributed by atoms with Crippen molar-refractivity contribution >= 4 is 127 Å². The zero-order valence-corrected chi connectivity index (χ0v) is 20.6. The monoisotopic (exact) mass is 577 g/mol. The van der Waals surface area contributed by atoms with Gasteiger partial charge in [-0.15, -0.1) is 11.3 Å². The zero-order valence-electron chi connectivity index (χ0n) is 12.2. The van der Waals surface area contributed by atoms with Crippen molar-refractivity contribution in [3.63, 3.8) is 0 Å². The summed E-state index contributed by atoms with van der Waals surface area (Å²) in [6.07, 6.45) is 0. The summed E-state index contributed by atoms with van der Waals surface area (Å²) in [4.78, 5) is 4.48. The van der Waals surface area contributed by atoms with Gasteiger partial charge in [0.15, 0.2) is 0 Å². The van der Waals surface area contributed by atoms with Crippen LogP contribution in [-0.2, 0) is 0 Å². The number of nitrogens with zero attached hydrogens (tertiary/aromatic N) is 1. The molecule has 142 valence electrons. The summed E-state index contributed by atoms with van der Waals surface area (Å²) in [6, 6.07) is 0. The molecule has 1 heterocycles. The van der Waals surface area contributed by atoms with Gasteiger partial charge in [-0.2, -0.15) is 0 Å². The number of hydrogen-bond acceptors (Lipinski definition) is 2. The van der Waals surface area contributed by atoms with Crippen molar-refractivity contribution in [2.75, 3.05) is 0 Å². The summed E-state index contributed by atoms with van der Waals surface area (Å²) in [6.45, 7) is 0. The van der Waals surface area contributed by atoms with Gasteiger partial charge >= 0.3 is 0 Å². The molecule has 0 saturated carbocycles. The minimum absolute atomic E-state index is 0.0508. The summed E-state index contributed by atoms with van der Waals surface area (Å²) in [5.74, 6) is 0. The first kappa shape index (κ1) is 22.7. The van der Waals surface area contributed by atoms with E-state index in [2.05, 4.69) is 4.98 Å². The van der Waals surface area contributed by atoms with Crippen molar-refractivity contribution in [2.24, 2.45) is 0 Å². The second-order valence-corrected chi connectivity index (χ2v) is 9.57. The Labute approximate surface area is 207 Å². The molecule has 0 aliphatic rings. The standard InChI is InChI=1S/C15HCl10NS/c16-5-3(6(17)10(21)13(24)9(5)20)2-1-27-15(26-2)4-7(18)11(22)14(25)12(23)8(4)19/h1H. The Morgan fingerprint density at radius 1 is 0.481 bits per heavy atom. The molecule has 0 N–H and O–H groups in total. The molecule has 0 spiro atoms. The second kappa shape index (κ2) is 8.61. The van der Waals surface area contributed by atoms with Gasteiger partial charge in [0.05, 0.1) is 61.5 Å². The van der Waals surface area contributed by atoms with Gasteiger partial charge in [0.2, 0.25) is 0 Å². The van der Waals surface area contributed by atoms with Crippen molar-refractivity contribution in [1.82, 2.24) is 4.98 Å². The van der Waals surface area contributed by atoms with Gasteiger partial charge in [0, 0.05) is 10.9 Å². The molecule has 1 nitrogen and oxygen atoms in total. The van der Waals surface area contributed by atoms with Gasteiger partial charge in [0.25, 0.3) is 0 Å². The molecule has 1 aromatic heterocycles. The Bertz CT molecular complexity index is 949. The quantitative estimate of drug-likeness (QED) is 0.217. The summed E-state index contributed by atoms with van der Waals surface area (Å²) >= 11 is 62.9. The van der Waals surface area contributed by atoms with E-state index in [-0.39, 0.29) is 50.2 Å². The lowest BCUT2D eigenvalue weighted by atomic mass is 10.1. The van der Waals surface area contributed by atoms with E-state index in [1.54, 1.807) is 5.38 Å². The molecule has 0 bridgehead atoms. The molecule has 3 rings (SSSR count). The number of aromatic nitrogens is 1. The first-order valence-electron chi connectivity index (χ1n) is 6.57. The van der Waals surface area contributed by atoms with Crippen LogP contribution in [-0.4, -0.2) is 4.98 Å². The average Bonchev–Trinajstić information content (AvgIpc) is 3.11. The molecule has 0 radical (unpaired) electrons. The average molecular weight is 582 g/mol. The van der Waals surface area contributed by atoms with Gasteiger partial charge in [0.1, 0.15) is 5.01 Å². The van der Waals surface area contributed by atoms with Crippen LogP contribution in [0, 0.1) is 0 Å². The fraction of sp³-hybridized carbons (Fsp3) is 0. The molecule has 0 saturated heterocycles. The van der Waals surface area contributed by atoms with Crippen LogP contribution in [0.1, 0.15) is 0 Å². The zero-order chi connectivity index (χ0) is 20.2. The van der Waals surface area contributed by atoms with Crippen molar-refractivity contribution in [3.05, 3.63) is 55.6 Å². The molecule has 0 atom stereocenters. The predicted molar refractivity (Wildman–Crippen MR) is 123 cm³/mol. The molecule has 12 heteroatoms. The summed E-state index contributed by atoms with van der Waals surface area (Å²) < 4.78 is 0. The molecule has 2 aromatic carbocycles. The van der Waals surface area contributed by atoms with Crippen LogP contribution in [0.3, 0.4) is 0 Å². The van der Waals surface area contributed by atoms with Crippen LogP contribution in [0.25, 0.3) is 21.8 Å². The maximum atomic E-state index is 6.29. The van der Waals surface area contributed by atoms with Crippen LogP contribution < -0.4 is 0 Å². The number of halogens is 10. The molecule has 0 unspecified atom stereocenters. The van der Waals surface area contributed by atoms with E-state index in [4.69, 9.17) is 116 Å². The lowest BCUT2D eigenvalue weighted by Gasteiger charge is -2.11. The highest BCUT2D eigenvalue weighted by Crippen LogP contribution is 2.51. The highest BCUT2D eigenvalue weighted by molar-refractivity contribution is 7.13. The highest BCUT2D eigenvalue weighted by Gasteiger charge is 2.25. The van der Waals surface area contributed by atoms with E-state index in [0.29, 0.717) is 21.8 Å². The van der Waals surface area contributed by atoms with Crippen LogP contribution in [0.2, 0.25) is 50.2 Å². The summed E-state index contributed by atoms with van der Waals surface area (Å²) in [5, 5.41) is 2.88. The van der Waals surface area contributed by atoms with Crippen LogP contribution in [0.15, 0.2) is 5.38 Å². The lowest BCUT2D eigenvalue weighted by Crippen LogP contribution is -1.89. The molecular weight excluding hydrogens is 581 g/mol. The third-order valence-electron chi connectivity index (χ3n) is 3.39. The van der Waals surface area contributed by atoms with Crippen molar-refractivity contribution in [2.45, 2.75) is 0 Å². The Morgan fingerprint density at radius 2 is 0.815 bits per heavy atom. The van der Waals surface area contributed by atoms with Gasteiger partial charge in [-0.1, -0.05) is 116 Å². The SMILES string of the molecule is Clc1c(Cl)c(Cl)c(-c2csc(-c3c(Cl)c(Cl)c(Cl)c(Cl)c3Cl)n2)c(Cl)c1Cl. The second-order valence-electron chi connectivity index (χ2n) is 4.93. The molecule has 0 fully saturated rings. The maximum absolute atomic E-state index is 6.29. The van der Waals surface area contributed by atoms with Gasteiger partial charge in [-0.05, 0) is 0 Å².